The Labute approximate surface area is 291 Å². The normalized spacial score (nSPS) is 12.9. The molecule has 0 aliphatic rings. The van der Waals surface area contributed by atoms with E-state index in [1.807, 2.05) is 6.08 Å². The number of nitrogens with one attached hydrogen (secondary N) is 2. The summed E-state index contributed by atoms with van der Waals surface area (Å²) in [5, 5.41) is 22.4. The Kier molecular flexibility index (Phi) is 31.9. The van der Waals surface area contributed by atoms with Crippen LogP contribution in [-0.4, -0.2) is 59.3 Å². The average Bonchev–Trinajstić information content (AvgIpc) is 3.07. The number of hydrogen-bond acceptors (Lipinski definition) is 6. The molecular weight excluding hydrogens is 608 g/mol. The number of hydrogen-bond donors (Lipinski definition) is 4. The molecule has 0 aliphatic heterocycles. The molecule has 0 saturated carbocycles. The van der Waals surface area contributed by atoms with E-state index in [4.69, 9.17) is 14.9 Å². The van der Waals surface area contributed by atoms with Crippen LogP contribution in [0.15, 0.2) is 36.5 Å². The van der Waals surface area contributed by atoms with Crippen molar-refractivity contribution in [1.29, 1.82) is 0 Å². The Bertz CT molecular complexity index is 916. The fourth-order valence-corrected chi connectivity index (χ4v) is 5.12. The summed E-state index contributed by atoms with van der Waals surface area (Å²) in [6, 6.07) is -1.39. The van der Waals surface area contributed by atoms with Gasteiger partial charge in [-0.1, -0.05) is 108 Å². The second-order valence-corrected chi connectivity index (χ2v) is 12.7. The largest absolute Gasteiger partial charge is 0.480 e. The van der Waals surface area contributed by atoms with Gasteiger partial charge in [-0.25, -0.2) is 4.79 Å². The lowest BCUT2D eigenvalue weighted by Crippen LogP contribution is -2.47. The van der Waals surface area contributed by atoms with E-state index in [2.05, 4.69) is 54.9 Å². The Morgan fingerprint density at radius 1 is 0.646 bits per heavy atom. The summed E-state index contributed by atoms with van der Waals surface area (Å²) in [5.74, 6) is -2.42. The number of aliphatic hydroxyl groups excluding tert-OH is 1. The summed E-state index contributed by atoms with van der Waals surface area (Å²) in [7, 11) is 0. The van der Waals surface area contributed by atoms with Gasteiger partial charge in [0.1, 0.15) is 12.1 Å². The number of esters is 1. The van der Waals surface area contributed by atoms with E-state index in [0.29, 0.717) is 12.8 Å². The number of allylic oxidation sites excluding steroid dienone is 5. The monoisotopic (exact) mass is 677 g/mol. The maximum atomic E-state index is 12.6. The zero-order valence-corrected chi connectivity index (χ0v) is 30.2. The predicted molar refractivity (Wildman–Crippen MR) is 195 cm³/mol. The van der Waals surface area contributed by atoms with Crippen molar-refractivity contribution in [3.63, 3.8) is 0 Å². The number of ether oxygens (including phenoxy) is 1. The standard InChI is InChI=1S/C39H68N2O7/c1-3-5-7-9-10-11-12-13-14-15-16-17-18-19-21-27-31-38(45)48-34(28-24-20-8-6-4-2)29-25-22-23-26-30-36(43)40-32-37(44)41-35(33-42)39(46)47/h11-12,14-15,24,28,34-35,42H,3-10,13,16-23,25-27,29-33H2,1-2H3,(H,40,43)(H,41,44)(H,46,47)/b12-11-,15-14-,28-24-. The van der Waals surface area contributed by atoms with Gasteiger partial charge in [0.05, 0.1) is 13.2 Å². The van der Waals surface area contributed by atoms with Crippen molar-refractivity contribution in [2.45, 2.75) is 174 Å². The van der Waals surface area contributed by atoms with Gasteiger partial charge in [-0.2, -0.15) is 0 Å². The Morgan fingerprint density at radius 3 is 1.83 bits per heavy atom. The number of carboxylic acid groups (broad SMARTS) is 1. The van der Waals surface area contributed by atoms with Gasteiger partial charge < -0.3 is 25.6 Å². The van der Waals surface area contributed by atoms with E-state index in [1.165, 1.54) is 57.8 Å². The van der Waals surface area contributed by atoms with Crippen LogP contribution in [0, 0.1) is 0 Å². The smallest absolute Gasteiger partial charge is 0.328 e. The molecule has 0 radical (unpaired) electrons. The maximum absolute atomic E-state index is 12.6. The first-order valence-electron chi connectivity index (χ1n) is 18.9. The topological polar surface area (TPSA) is 142 Å². The van der Waals surface area contributed by atoms with Crippen molar-refractivity contribution >= 4 is 23.8 Å². The van der Waals surface area contributed by atoms with Crippen LogP contribution in [0.1, 0.15) is 162 Å². The molecule has 0 aromatic rings. The molecule has 0 fully saturated rings. The molecule has 48 heavy (non-hydrogen) atoms. The molecule has 2 unspecified atom stereocenters. The van der Waals surface area contributed by atoms with Crippen molar-refractivity contribution < 1.29 is 34.1 Å². The van der Waals surface area contributed by atoms with Crippen molar-refractivity contribution in [3.05, 3.63) is 36.5 Å². The number of carboxylic acids is 1. The van der Waals surface area contributed by atoms with Crippen molar-refractivity contribution in [2.24, 2.45) is 0 Å². The second kappa shape index (κ2) is 33.9. The first kappa shape index (κ1) is 45.1. The zero-order chi connectivity index (χ0) is 35.5. The quantitative estimate of drug-likeness (QED) is 0.0311. The molecule has 9 nitrogen and oxygen atoms in total. The van der Waals surface area contributed by atoms with E-state index in [1.54, 1.807) is 0 Å². The molecule has 0 heterocycles. The van der Waals surface area contributed by atoms with Gasteiger partial charge in [0, 0.05) is 12.8 Å². The van der Waals surface area contributed by atoms with Gasteiger partial charge in [0.2, 0.25) is 11.8 Å². The molecule has 0 aliphatic carbocycles. The van der Waals surface area contributed by atoms with E-state index in [-0.39, 0.29) is 30.9 Å². The summed E-state index contributed by atoms with van der Waals surface area (Å²) >= 11 is 0. The lowest BCUT2D eigenvalue weighted by Gasteiger charge is -2.15. The van der Waals surface area contributed by atoms with Crippen molar-refractivity contribution in [3.8, 4) is 0 Å². The molecule has 0 aromatic heterocycles. The first-order valence-corrected chi connectivity index (χ1v) is 18.9. The molecule has 0 rings (SSSR count). The Morgan fingerprint density at radius 2 is 1.19 bits per heavy atom. The third-order valence-corrected chi connectivity index (χ3v) is 8.09. The molecule has 0 aromatic carbocycles. The minimum absolute atomic E-state index is 0.131. The maximum Gasteiger partial charge on any atom is 0.328 e. The van der Waals surface area contributed by atoms with E-state index < -0.39 is 24.5 Å². The number of aliphatic carboxylic acids is 1. The number of unbranched alkanes of at least 4 members (excludes halogenated alkanes) is 15. The fraction of sp³-hybridized carbons (Fsp3) is 0.744. The molecule has 2 atom stereocenters. The van der Waals surface area contributed by atoms with E-state index in [9.17, 15) is 19.2 Å². The summed E-state index contributed by atoms with van der Waals surface area (Å²) in [4.78, 5) is 47.2. The van der Waals surface area contributed by atoms with Crippen LogP contribution in [0.4, 0.5) is 0 Å². The number of carbonyl (C=O) groups excluding carboxylic acids is 3. The highest BCUT2D eigenvalue weighted by Gasteiger charge is 2.18. The highest BCUT2D eigenvalue weighted by Crippen LogP contribution is 2.15. The highest BCUT2D eigenvalue weighted by atomic mass is 16.5. The molecule has 9 heteroatoms. The van der Waals surface area contributed by atoms with Gasteiger partial charge in [-0.15, -0.1) is 0 Å². The zero-order valence-electron chi connectivity index (χ0n) is 30.2. The molecule has 0 spiro atoms. The van der Waals surface area contributed by atoms with Gasteiger partial charge in [-0.05, 0) is 76.7 Å². The lowest BCUT2D eigenvalue weighted by molar-refractivity contribution is -0.147. The highest BCUT2D eigenvalue weighted by molar-refractivity contribution is 5.87. The molecule has 0 saturated heterocycles. The average molecular weight is 677 g/mol. The van der Waals surface area contributed by atoms with Crippen LogP contribution >= 0.6 is 0 Å². The van der Waals surface area contributed by atoms with Gasteiger partial charge in [0.25, 0.3) is 0 Å². The number of amides is 2. The molecule has 2 amide bonds. The minimum Gasteiger partial charge on any atom is -0.480 e. The van der Waals surface area contributed by atoms with Crippen molar-refractivity contribution in [1.82, 2.24) is 10.6 Å². The Hall–Kier alpha value is -2.94. The Balaban J connectivity index is 4.16. The molecule has 4 N–H and O–H groups in total. The van der Waals surface area contributed by atoms with Crippen LogP contribution in [0.3, 0.4) is 0 Å². The number of carbonyl (C=O) groups is 4. The van der Waals surface area contributed by atoms with Crippen LogP contribution in [0.2, 0.25) is 0 Å². The number of aliphatic hydroxyl groups is 1. The summed E-state index contributed by atoms with van der Waals surface area (Å²) in [6.07, 6.45) is 36.3. The van der Waals surface area contributed by atoms with Crippen LogP contribution in [0.5, 0.6) is 0 Å². The first-order chi connectivity index (χ1) is 23.3. The van der Waals surface area contributed by atoms with Crippen LogP contribution < -0.4 is 10.6 Å². The van der Waals surface area contributed by atoms with E-state index >= 15 is 0 Å². The lowest BCUT2D eigenvalue weighted by atomic mass is 10.1. The minimum atomic E-state index is -1.39. The molecular formula is C39H68N2O7. The second-order valence-electron chi connectivity index (χ2n) is 12.7. The molecule has 0 bridgehead atoms. The van der Waals surface area contributed by atoms with Gasteiger partial charge in [-0.3, -0.25) is 14.4 Å². The third kappa shape index (κ3) is 30.4. The van der Waals surface area contributed by atoms with Gasteiger partial charge in [0.15, 0.2) is 0 Å². The van der Waals surface area contributed by atoms with Crippen LogP contribution in [-0.2, 0) is 23.9 Å². The van der Waals surface area contributed by atoms with E-state index in [0.717, 1.165) is 70.6 Å². The summed E-state index contributed by atoms with van der Waals surface area (Å²) in [6.45, 7) is 3.36. The molecule has 276 valence electrons. The summed E-state index contributed by atoms with van der Waals surface area (Å²) in [5.41, 5.74) is 0. The van der Waals surface area contributed by atoms with Crippen molar-refractivity contribution in [2.75, 3.05) is 13.2 Å². The predicted octanol–water partition coefficient (Wildman–Crippen LogP) is 8.26. The van der Waals surface area contributed by atoms with Gasteiger partial charge >= 0.3 is 11.9 Å². The SMILES string of the molecule is CCCCC/C=C\C(CCCCCCC(=O)NCC(=O)NC(CO)C(=O)O)OC(=O)CCCCCCC/C=C\C/C=C\CCCCCC. The third-order valence-electron chi connectivity index (χ3n) is 8.09. The van der Waals surface area contributed by atoms with Crippen LogP contribution in [0.25, 0.3) is 0 Å². The fourth-order valence-electron chi connectivity index (χ4n) is 5.12. The summed E-state index contributed by atoms with van der Waals surface area (Å²) < 4.78 is 5.84. The number of rotatable bonds is 33.